The summed E-state index contributed by atoms with van der Waals surface area (Å²) in [7, 11) is 0. The number of hydrogen-bond acceptors (Lipinski definition) is 5. The van der Waals surface area contributed by atoms with Gasteiger partial charge >= 0.3 is 0 Å². The quantitative estimate of drug-likeness (QED) is 0.729. The van der Waals surface area contributed by atoms with Gasteiger partial charge in [-0.2, -0.15) is 0 Å². The minimum Gasteiger partial charge on any atom is -0.506 e. The lowest BCUT2D eigenvalue weighted by atomic mass is 10.1. The number of imide groups is 1. The third kappa shape index (κ3) is 4.26. The van der Waals surface area contributed by atoms with Gasteiger partial charge in [0, 0.05) is 11.4 Å². The highest BCUT2D eigenvalue weighted by Gasteiger charge is 2.41. The summed E-state index contributed by atoms with van der Waals surface area (Å²) in [5, 5.41) is 11.4. The summed E-state index contributed by atoms with van der Waals surface area (Å²) in [5.74, 6) is -1.05. The number of aromatic hydroxyl groups is 1. The van der Waals surface area contributed by atoms with E-state index in [2.05, 4.69) is 5.32 Å². The van der Waals surface area contributed by atoms with Gasteiger partial charge in [-0.25, -0.2) is 4.90 Å². The largest absolute Gasteiger partial charge is 0.506 e. The first-order valence-electron chi connectivity index (χ1n) is 8.31. The van der Waals surface area contributed by atoms with Crippen LogP contribution in [0, 0.1) is 0 Å². The van der Waals surface area contributed by atoms with Crippen molar-refractivity contribution in [1.29, 1.82) is 0 Å². The van der Waals surface area contributed by atoms with Gasteiger partial charge in [-0.3, -0.25) is 14.4 Å². The van der Waals surface area contributed by atoms with E-state index in [1.165, 1.54) is 18.2 Å². The molecule has 2 aromatic rings. The highest BCUT2D eigenvalue weighted by molar-refractivity contribution is 8.15. The predicted molar refractivity (Wildman–Crippen MR) is 106 cm³/mol. The monoisotopic (exact) mass is 404 g/mol. The Morgan fingerprint density at radius 3 is 2.59 bits per heavy atom. The minimum atomic E-state index is -0.815. The number of carbonyl (C=O) groups is 3. The summed E-state index contributed by atoms with van der Waals surface area (Å²) >= 11 is 6.67. The van der Waals surface area contributed by atoms with Crippen molar-refractivity contribution in [2.75, 3.05) is 10.2 Å². The van der Waals surface area contributed by atoms with Gasteiger partial charge in [-0.1, -0.05) is 30.7 Å². The van der Waals surface area contributed by atoms with Crippen LogP contribution in [0.2, 0.25) is 5.02 Å². The number of halogens is 1. The fourth-order valence-electron chi connectivity index (χ4n) is 2.68. The lowest BCUT2D eigenvalue weighted by molar-refractivity contribution is -0.121. The van der Waals surface area contributed by atoms with Crippen molar-refractivity contribution in [2.45, 2.75) is 25.0 Å². The van der Waals surface area contributed by atoms with Crippen molar-refractivity contribution in [3.05, 3.63) is 53.1 Å². The topological polar surface area (TPSA) is 86.7 Å². The van der Waals surface area contributed by atoms with E-state index >= 15 is 0 Å². The minimum absolute atomic E-state index is 0.133. The molecule has 140 valence electrons. The average Bonchev–Trinajstić information content (AvgIpc) is 2.91. The molecule has 1 unspecified atom stereocenters. The van der Waals surface area contributed by atoms with Crippen molar-refractivity contribution in [2.24, 2.45) is 0 Å². The number of thioether (sulfide) groups is 1. The average molecular weight is 405 g/mol. The van der Waals surface area contributed by atoms with Crippen molar-refractivity contribution < 1.29 is 19.5 Å². The molecule has 0 spiro atoms. The molecule has 0 saturated carbocycles. The maximum absolute atomic E-state index is 12.6. The molecule has 0 aromatic heterocycles. The number of nitrogens with one attached hydrogen (secondary N) is 1. The van der Waals surface area contributed by atoms with Gasteiger partial charge in [0.1, 0.15) is 11.0 Å². The number of rotatable bonds is 5. The number of nitrogens with zero attached hydrogens (tertiary/aromatic N) is 1. The van der Waals surface area contributed by atoms with Gasteiger partial charge in [-0.15, -0.1) is 0 Å². The van der Waals surface area contributed by atoms with Gasteiger partial charge in [0.05, 0.1) is 11.4 Å². The van der Waals surface area contributed by atoms with Gasteiger partial charge < -0.3 is 10.4 Å². The molecule has 1 atom stereocenters. The Bertz CT molecular complexity index is 901. The third-order valence-electron chi connectivity index (χ3n) is 4.13. The maximum Gasteiger partial charge on any atom is 0.293 e. The Morgan fingerprint density at radius 2 is 1.93 bits per heavy atom. The van der Waals surface area contributed by atoms with E-state index in [1.54, 1.807) is 12.1 Å². The smallest absolute Gasteiger partial charge is 0.293 e. The van der Waals surface area contributed by atoms with Crippen LogP contribution in [0.3, 0.4) is 0 Å². The lowest BCUT2D eigenvalue weighted by Gasteiger charge is -2.14. The second kappa shape index (κ2) is 8.02. The molecular weight excluding hydrogens is 388 g/mol. The highest BCUT2D eigenvalue weighted by Crippen LogP contribution is 2.34. The van der Waals surface area contributed by atoms with Crippen molar-refractivity contribution in [3.63, 3.8) is 0 Å². The van der Waals surface area contributed by atoms with Gasteiger partial charge in [0.25, 0.3) is 5.24 Å². The van der Waals surface area contributed by atoms with Crippen LogP contribution >= 0.6 is 23.4 Å². The molecule has 1 aliphatic heterocycles. The third-order valence-corrected chi connectivity index (χ3v) is 5.40. The highest BCUT2D eigenvalue weighted by atomic mass is 35.5. The Kier molecular flexibility index (Phi) is 5.72. The number of carbonyl (C=O) groups excluding carboxylic acids is 3. The van der Waals surface area contributed by atoms with E-state index in [4.69, 9.17) is 11.6 Å². The summed E-state index contributed by atoms with van der Waals surface area (Å²) in [6.07, 6.45) is 0.667. The standard InChI is InChI=1S/C19H17ClN2O4S/c1-2-11-3-6-13(7-4-11)22-18(25)16(27-19(22)26)10-17(24)21-14-9-12(20)5-8-15(14)23/h3-9,16,23H,2,10H2,1H3,(H,21,24). The van der Waals surface area contributed by atoms with Crippen LogP contribution < -0.4 is 10.2 Å². The molecule has 8 heteroatoms. The van der Waals surface area contributed by atoms with E-state index in [1.807, 2.05) is 19.1 Å². The van der Waals surface area contributed by atoms with Crippen LogP contribution in [0.15, 0.2) is 42.5 Å². The SMILES string of the molecule is CCc1ccc(N2C(=O)SC(CC(=O)Nc3cc(Cl)ccc3O)C2=O)cc1. The van der Waals surface area contributed by atoms with E-state index in [-0.39, 0.29) is 17.9 Å². The molecule has 2 N–H and O–H groups in total. The lowest BCUT2D eigenvalue weighted by Crippen LogP contribution is -2.32. The molecule has 3 amide bonds. The maximum atomic E-state index is 12.6. The number of aryl methyl sites for hydroxylation is 1. The van der Waals surface area contributed by atoms with E-state index < -0.39 is 22.3 Å². The van der Waals surface area contributed by atoms with Crippen LogP contribution in [0.25, 0.3) is 0 Å². The van der Waals surface area contributed by atoms with Crippen molar-refractivity contribution in [1.82, 2.24) is 0 Å². The number of amides is 3. The molecular formula is C19H17ClN2O4S. The molecule has 0 radical (unpaired) electrons. The predicted octanol–water partition coefficient (Wildman–Crippen LogP) is 4.21. The number of hydrogen-bond donors (Lipinski definition) is 2. The first kappa shape index (κ1) is 19.3. The first-order valence-corrected chi connectivity index (χ1v) is 9.56. The van der Waals surface area contributed by atoms with Gasteiger partial charge in [0.2, 0.25) is 11.8 Å². The zero-order valence-corrected chi connectivity index (χ0v) is 16.0. The Hall–Kier alpha value is -2.51. The molecule has 1 aliphatic rings. The van der Waals surface area contributed by atoms with Gasteiger partial charge in [-0.05, 0) is 54.1 Å². The normalized spacial score (nSPS) is 16.7. The van der Waals surface area contributed by atoms with E-state index in [0.717, 1.165) is 28.6 Å². The summed E-state index contributed by atoms with van der Waals surface area (Å²) < 4.78 is 0. The Labute approximate surface area is 165 Å². The molecule has 0 bridgehead atoms. The molecule has 6 nitrogen and oxygen atoms in total. The van der Waals surface area contributed by atoms with Crippen molar-refractivity contribution in [3.8, 4) is 5.75 Å². The molecule has 27 heavy (non-hydrogen) atoms. The van der Waals surface area contributed by atoms with Crippen LogP contribution in [0.1, 0.15) is 18.9 Å². The van der Waals surface area contributed by atoms with Crippen LogP contribution in [0.4, 0.5) is 16.2 Å². The molecule has 2 aromatic carbocycles. The zero-order valence-electron chi connectivity index (χ0n) is 14.4. The summed E-state index contributed by atoms with van der Waals surface area (Å²) in [5.41, 5.74) is 1.74. The fraction of sp³-hybridized carbons (Fsp3) is 0.211. The number of anilines is 2. The van der Waals surface area contributed by atoms with Crippen LogP contribution in [-0.2, 0) is 16.0 Å². The van der Waals surface area contributed by atoms with Crippen LogP contribution in [-0.4, -0.2) is 27.4 Å². The fourth-order valence-corrected chi connectivity index (χ4v) is 3.84. The second-order valence-electron chi connectivity index (χ2n) is 5.98. The van der Waals surface area contributed by atoms with Gasteiger partial charge in [0.15, 0.2) is 0 Å². The molecule has 1 saturated heterocycles. The van der Waals surface area contributed by atoms with E-state index in [0.29, 0.717) is 10.7 Å². The Morgan fingerprint density at radius 1 is 1.22 bits per heavy atom. The summed E-state index contributed by atoms with van der Waals surface area (Å²) in [6.45, 7) is 2.02. The number of benzene rings is 2. The molecule has 0 aliphatic carbocycles. The summed E-state index contributed by atoms with van der Waals surface area (Å²) in [6, 6.07) is 11.4. The van der Waals surface area contributed by atoms with Crippen molar-refractivity contribution >= 4 is 51.8 Å². The first-order chi connectivity index (χ1) is 12.9. The summed E-state index contributed by atoms with van der Waals surface area (Å²) in [4.78, 5) is 38.2. The Balaban J connectivity index is 1.69. The number of phenolic OH excluding ortho intramolecular Hbond substituents is 1. The molecule has 3 rings (SSSR count). The van der Waals surface area contributed by atoms with E-state index in [9.17, 15) is 19.5 Å². The zero-order chi connectivity index (χ0) is 19.6. The molecule has 1 heterocycles. The second-order valence-corrected chi connectivity index (χ2v) is 7.57. The molecule has 1 fully saturated rings. The van der Waals surface area contributed by atoms with Crippen LogP contribution in [0.5, 0.6) is 5.75 Å². The number of phenols is 1.